The quantitative estimate of drug-likeness (QED) is 0.0830. The summed E-state index contributed by atoms with van der Waals surface area (Å²) in [5, 5.41) is 14.9. The van der Waals surface area contributed by atoms with E-state index in [4.69, 9.17) is 28.2 Å². The Balaban J connectivity index is 0.777. The van der Waals surface area contributed by atoms with Gasteiger partial charge in [-0.25, -0.2) is 18.4 Å². The Morgan fingerprint density at radius 1 is 0.827 bits per heavy atom. The number of carbonyl (C=O) groups excluding carboxylic acids is 4. The third-order valence-electron chi connectivity index (χ3n) is 16.8. The summed E-state index contributed by atoms with van der Waals surface area (Å²) in [6, 6.07) is 16.4. The predicted octanol–water partition coefficient (Wildman–Crippen LogP) is 8.81. The third kappa shape index (κ3) is 12.9. The van der Waals surface area contributed by atoms with Crippen molar-refractivity contribution in [2.24, 2.45) is 10.8 Å². The second-order valence-electron chi connectivity index (χ2n) is 23.5. The maximum Gasteiger partial charge on any atom is 0.304 e. The average Bonchev–Trinajstić information content (AvgIpc) is 3.96. The molecule has 4 fully saturated rings. The van der Waals surface area contributed by atoms with Crippen molar-refractivity contribution in [2.75, 3.05) is 68.3 Å². The molecule has 22 heteroatoms. The lowest BCUT2D eigenvalue weighted by Gasteiger charge is -2.54. The molecule has 1 saturated carbocycles. The van der Waals surface area contributed by atoms with E-state index in [0.717, 1.165) is 42.5 Å². The maximum absolute atomic E-state index is 15.1. The molecule has 0 bridgehead atoms. The van der Waals surface area contributed by atoms with Gasteiger partial charge in [0.25, 0.3) is 5.56 Å². The summed E-state index contributed by atoms with van der Waals surface area (Å²) in [5.74, 6) is -2.19. The largest absolute Gasteiger partial charge is 0.481 e. The number of hydrogen-bond donors (Lipinski definition) is 2. The van der Waals surface area contributed by atoms with Crippen LogP contribution in [-0.4, -0.2) is 146 Å². The molecule has 81 heavy (non-hydrogen) atoms. The lowest BCUT2D eigenvalue weighted by atomic mass is 9.66. The molecule has 0 spiro atoms. The zero-order valence-corrected chi connectivity index (χ0v) is 49.2. The Morgan fingerprint density at radius 2 is 1.47 bits per heavy atom. The van der Waals surface area contributed by atoms with Crippen LogP contribution >= 0.6 is 23.2 Å². The molecule has 19 nitrogen and oxygen atoms in total. The smallest absolute Gasteiger partial charge is 0.304 e. The number of nitrogens with one attached hydrogen (secondary N) is 1. The number of nitrogens with zero attached hydrogens (tertiary/aromatic N) is 9. The molecule has 1 aliphatic carbocycles. The molecule has 0 unspecified atom stereocenters. The van der Waals surface area contributed by atoms with Crippen LogP contribution in [0.4, 0.5) is 17.5 Å². The minimum Gasteiger partial charge on any atom is -0.481 e. The number of aliphatic carboxylic acids is 1. The number of piperidine rings is 1. The van der Waals surface area contributed by atoms with Crippen molar-refractivity contribution in [1.29, 1.82) is 0 Å². The van der Waals surface area contributed by atoms with Gasteiger partial charge in [-0.05, 0) is 98.0 Å². The summed E-state index contributed by atoms with van der Waals surface area (Å²) in [7, 11) is -4.08. The second-order valence-corrected chi connectivity index (χ2v) is 26.4. The number of aromatic nitrogens is 4. The lowest BCUT2D eigenvalue weighted by Crippen LogP contribution is -2.61. The Labute approximate surface area is 483 Å². The van der Waals surface area contributed by atoms with Gasteiger partial charge in [-0.1, -0.05) is 88.0 Å². The fourth-order valence-corrected chi connectivity index (χ4v) is 14.8. The number of carboxylic acids is 1. The SMILES string of the molecule is CC(=O)c1c(C)c2cnc(Nc3ccc(N4CCN(C(=O)CCCC(=O)N5CCN(S(=O)(=O)C[C@@H](N6C(=O)[C@@](C)(CC(=O)O)C[C@H](c7cccc(Cl)c7)[C@H]6c6ccc(Cl)cc6)C(C)(C)C)CC5)CC4)cn3)nc2n(C2CCCC2)c1=O. The van der Waals surface area contributed by atoms with E-state index in [2.05, 4.69) is 20.2 Å². The standard InChI is InChI=1S/C59H72Cl2N10O9S/c1-37-46-35-63-57(65-54(46)70(43-13-7-8-14-43)55(77)52(37)38(2)72)64-48-22-21-44(34-62-48)66-23-25-67(26-24-66)49(73)15-10-16-50(74)68-27-29-69(30-28-68)81(79,80)36-47(58(3,4)5)71-53(39-17-19-41(60)20-18-39)45(40-11-9-12-42(61)31-40)32-59(6,56(71)78)33-51(75)76/h9,11-12,17-22,31,34-35,43,45,47,53H,7-8,10,13-16,23-30,32-33,36H2,1-6H3,(H,75,76)(H,62,63,64,65)/t45-,47-,53-,59-/m1/s1. The normalized spacial score (nSPS) is 20.9. The number of likely N-dealkylation sites (tertiary alicyclic amines) is 1. The van der Waals surface area contributed by atoms with E-state index in [1.54, 1.807) is 63.7 Å². The van der Waals surface area contributed by atoms with Gasteiger partial charge >= 0.3 is 5.97 Å². The third-order valence-corrected chi connectivity index (χ3v) is 19.2. The summed E-state index contributed by atoms with van der Waals surface area (Å²) in [6.45, 7) is 13.0. The summed E-state index contributed by atoms with van der Waals surface area (Å²) in [4.78, 5) is 102. The van der Waals surface area contributed by atoms with Gasteiger partial charge in [0.2, 0.25) is 33.7 Å². The number of Topliss-reactive ketones (excluding diaryl/α,β-unsaturated/α-hetero) is 1. The van der Waals surface area contributed by atoms with Crippen LogP contribution in [0.5, 0.6) is 0 Å². The Morgan fingerprint density at radius 3 is 2.05 bits per heavy atom. The van der Waals surface area contributed by atoms with Crippen LogP contribution in [0.25, 0.3) is 11.0 Å². The molecule has 9 rings (SSSR count). The number of pyridine rings is 2. The molecule has 432 valence electrons. The number of fused-ring (bicyclic) bond motifs is 1. The molecule has 3 aromatic heterocycles. The van der Waals surface area contributed by atoms with Gasteiger partial charge in [-0.15, -0.1) is 0 Å². The van der Waals surface area contributed by atoms with Crippen molar-refractivity contribution in [3.8, 4) is 0 Å². The molecule has 2 N–H and O–H groups in total. The number of rotatable bonds is 17. The van der Waals surface area contributed by atoms with Crippen LogP contribution < -0.4 is 15.8 Å². The van der Waals surface area contributed by atoms with Crippen molar-refractivity contribution in [3.05, 3.63) is 116 Å². The van der Waals surface area contributed by atoms with Gasteiger partial charge in [0.1, 0.15) is 11.5 Å². The molecule has 0 radical (unpaired) electrons. The number of amides is 3. The molecule has 2 aromatic carbocycles. The van der Waals surface area contributed by atoms with Gasteiger partial charge in [-0.2, -0.15) is 9.29 Å². The van der Waals surface area contributed by atoms with Gasteiger partial charge in [0.05, 0.1) is 47.1 Å². The van der Waals surface area contributed by atoms with Crippen LogP contribution in [0.1, 0.15) is 137 Å². The zero-order valence-electron chi connectivity index (χ0n) is 46.9. The summed E-state index contributed by atoms with van der Waals surface area (Å²) < 4.78 is 32.4. The number of hydrogen-bond acceptors (Lipinski definition) is 13. The van der Waals surface area contributed by atoms with Crippen LogP contribution in [0.3, 0.4) is 0 Å². The predicted molar refractivity (Wildman–Crippen MR) is 312 cm³/mol. The highest BCUT2D eigenvalue weighted by Gasteiger charge is 2.55. The minimum atomic E-state index is -4.08. The van der Waals surface area contributed by atoms with E-state index in [1.165, 1.54) is 11.2 Å². The second kappa shape index (κ2) is 24.2. The number of aryl methyl sites for hydroxylation is 1. The van der Waals surface area contributed by atoms with Crippen LogP contribution in [-0.2, 0) is 29.2 Å². The van der Waals surface area contributed by atoms with Crippen LogP contribution in [0, 0.1) is 17.8 Å². The van der Waals surface area contributed by atoms with Gasteiger partial charge in [0, 0.05) is 98.8 Å². The van der Waals surface area contributed by atoms with E-state index in [1.807, 2.05) is 63.2 Å². The summed E-state index contributed by atoms with van der Waals surface area (Å²) in [5.41, 5.74) is 1.11. The minimum absolute atomic E-state index is 0.0403. The van der Waals surface area contributed by atoms with Crippen LogP contribution in [0.2, 0.25) is 10.0 Å². The molecular formula is C59H72Cl2N10O9S. The fourth-order valence-electron chi connectivity index (χ4n) is 12.5. The Kier molecular flexibility index (Phi) is 17.6. The first-order valence-electron chi connectivity index (χ1n) is 27.9. The van der Waals surface area contributed by atoms with Crippen molar-refractivity contribution in [2.45, 2.75) is 123 Å². The first kappa shape index (κ1) is 59.2. The van der Waals surface area contributed by atoms with Crippen LogP contribution in [0.15, 0.2) is 77.9 Å². The van der Waals surface area contributed by atoms with Crippen molar-refractivity contribution >= 4 is 91.2 Å². The number of anilines is 3. The highest BCUT2D eigenvalue weighted by molar-refractivity contribution is 7.89. The van der Waals surface area contributed by atoms with Crippen molar-refractivity contribution < 1.29 is 37.5 Å². The number of halogens is 2. The molecule has 4 aliphatic rings. The zero-order chi connectivity index (χ0) is 58.1. The molecule has 5 aromatic rings. The van der Waals surface area contributed by atoms with E-state index < -0.39 is 62.9 Å². The lowest BCUT2D eigenvalue weighted by molar-refractivity contribution is -0.162. The monoisotopic (exact) mass is 1170 g/mol. The number of carbonyl (C=O) groups is 5. The number of carboxylic acid groups (broad SMARTS) is 1. The average molecular weight is 1170 g/mol. The summed E-state index contributed by atoms with van der Waals surface area (Å²) in [6.07, 6.45) is 7.47. The first-order valence-corrected chi connectivity index (χ1v) is 30.3. The fraction of sp³-hybridized carbons (Fsp3) is 0.508. The number of benzene rings is 2. The van der Waals surface area contributed by atoms with E-state index in [0.29, 0.717) is 65.1 Å². The maximum atomic E-state index is 15.1. The van der Waals surface area contributed by atoms with Crippen molar-refractivity contribution in [3.63, 3.8) is 0 Å². The Bertz CT molecular complexity index is 3370. The van der Waals surface area contributed by atoms with Gasteiger partial charge in [-0.3, -0.25) is 33.3 Å². The molecule has 6 heterocycles. The highest BCUT2D eigenvalue weighted by Crippen LogP contribution is 2.53. The van der Waals surface area contributed by atoms with E-state index in [-0.39, 0.29) is 86.2 Å². The number of sulfonamides is 1. The van der Waals surface area contributed by atoms with E-state index in [9.17, 15) is 37.5 Å². The topological polar surface area (TPSA) is 229 Å². The molecule has 3 aliphatic heterocycles. The molecule has 4 atom stereocenters. The summed E-state index contributed by atoms with van der Waals surface area (Å²) >= 11 is 12.9. The van der Waals surface area contributed by atoms with Gasteiger partial charge < -0.3 is 30.0 Å². The van der Waals surface area contributed by atoms with Gasteiger partial charge in [0.15, 0.2) is 5.78 Å². The Hall–Kier alpha value is -6.48. The number of piperazine rings is 2. The molecule has 3 saturated heterocycles. The number of ketones is 1. The highest BCUT2D eigenvalue weighted by atomic mass is 35.5. The van der Waals surface area contributed by atoms with E-state index >= 15 is 4.79 Å². The first-order chi connectivity index (χ1) is 38.4. The molecular weight excluding hydrogens is 1100 g/mol. The van der Waals surface area contributed by atoms with Crippen molar-refractivity contribution in [1.82, 2.24) is 38.5 Å². The molecule has 3 amide bonds.